The monoisotopic (exact) mass is 377 g/mol. The molecule has 0 bridgehead atoms. The van der Waals surface area contributed by atoms with Crippen molar-refractivity contribution in [2.75, 3.05) is 38.2 Å². The summed E-state index contributed by atoms with van der Waals surface area (Å²) in [7, 11) is 1.70. The van der Waals surface area contributed by atoms with Crippen LogP contribution in [0.1, 0.15) is 17.5 Å². The predicted octanol–water partition coefficient (Wildman–Crippen LogP) is 3.77. The fourth-order valence-corrected chi connectivity index (χ4v) is 3.99. The van der Waals surface area contributed by atoms with Crippen LogP contribution in [-0.2, 0) is 11.2 Å². The zero-order chi connectivity index (χ0) is 19.5. The topological polar surface area (TPSA) is 48.6 Å². The van der Waals surface area contributed by atoms with E-state index in [1.807, 2.05) is 29.3 Å². The number of benzene rings is 2. The van der Waals surface area contributed by atoms with Gasteiger partial charge in [-0.05, 0) is 43.2 Å². The van der Waals surface area contributed by atoms with E-state index in [0.29, 0.717) is 6.42 Å². The highest BCUT2D eigenvalue weighted by Crippen LogP contribution is 2.28. The first-order chi connectivity index (χ1) is 13.7. The third kappa shape index (κ3) is 3.70. The van der Waals surface area contributed by atoms with Crippen molar-refractivity contribution in [2.45, 2.75) is 19.8 Å². The molecule has 1 saturated heterocycles. The van der Waals surface area contributed by atoms with E-state index < -0.39 is 0 Å². The van der Waals surface area contributed by atoms with Crippen molar-refractivity contribution < 1.29 is 9.53 Å². The summed E-state index contributed by atoms with van der Waals surface area (Å²) in [6.07, 6.45) is 3.36. The number of nitrogens with zero attached hydrogens (tertiary/aromatic N) is 2. The van der Waals surface area contributed by atoms with Crippen LogP contribution in [0, 0.1) is 6.92 Å². The van der Waals surface area contributed by atoms with Crippen LogP contribution >= 0.6 is 0 Å². The van der Waals surface area contributed by atoms with Crippen molar-refractivity contribution in [3.05, 3.63) is 59.8 Å². The van der Waals surface area contributed by atoms with Gasteiger partial charge in [-0.2, -0.15) is 0 Å². The van der Waals surface area contributed by atoms with Crippen molar-refractivity contribution >= 4 is 22.5 Å². The van der Waals surface area contributed by atoms with Crippen LogP contribution in [0.4, 0.5) is 5.69 Å². The third-order valence-electron chi connectivity index (χ3n) is 5.59. The first kappa shape index (κ1) is 18.4. The van der Waals surface area contributed by atoms with Gasteiger partial charge in [-0.25, -0.2) is 0 Å². The highest BCUT2D eigenvalue weighted by atomic mass is 16.5. The second kappa shape index (κ2) is 7.97. The molecule has 4 rings (SSSR count). The summed E-state index contributed by atoms with van der Waals surface area (Å²) in [5.41, 5.74) is 4.71. The molecule has 146 valence electrons. The molecule has 0 spiro atoms. The molecule has 0 unspecified atom stereocenters. The molecule has 28 heavy (non-hydrogen) atoms. The molecule has 5 heteroatoms. The zero-order valence-corrected chi connectivity index (χ0v) is 16.6. The lowest BCUT2D eigenvalue weighted by atomic mass is 10.1. The molecule has 1 fully saturated rings. The van der Waals surface area contributed by atoms with Crippen LogP contribution in [0.2, 0.25) is 0 Å². The maximum atomic E-state index is 12.7. The Hall–Kier alpha value is -2.95. The van der Waals surface area contributed by atoms with E-state index in [1.54, 1.807) is 7.11 Å². The van der Waals surface area contributed by atoms with Gasteiger partial charge in [-0.1, -0.05) is 23.8 Å². The molecule has 2 aromatic carbocycles. The number of fused-ring (bicyclic) bond motifs is 1. The highest BCUT2D eigenvalue weighted by molar-refractivity contribution is 5.85. The predicted molar refractivity (Wildman–Crippen MR) is 113 cm³/mol. The van der Waals surface area contributed by atoms with E-state index in [-0.39, 0.29) is 5.91 Å². The quantitative estimate of drug-likeness (QED) is 0.736. The Labute approximate surface area is 165 Å². The maximum absolute atomic E-state index is 12.7. The van der Waals surface area contributed by atoms with E-state index in [2.05, 4.69) is 41.1 Å². The SMILES string of the molecule is COc1ccccc1N1CCN(C(=O)CCc2c[nH]c3ccc(C)cc23)CC1. The molecular formula is C23H27N3O2. The molecule has 2 heterocycles. The zero-order valence-electron chi connectivity index (χ0n) is 16.6. The molecule has 1 aromatic heterocycles. The van der Waals surface area contributed by atoms with Gasteiger partial charge in [0.05, 0.1) is 12.8 Å². The number of nitrogens with one attached hydrogen (secondary N) is 1. The molecule has 1 aliphatic heterocycles. The average molecular weight is 377 g/mol. The summed E-state index contributed by atoms with van der Waals surface area (Å²) in [5, 5.41) is 1.23. The van der Waals surface area contributed by atoms with Crippen LogP contribution < -0.4 is 9.64 Å². The normalized spacial score (nSPS) is 14.5. The fraction of sp³-hybridized carbons (Fsp3) is 0.348. The highest BCUT2D eigenvalue weighted by Gasteiger charge is 2.22. The molecule has 1 N–H and O–H groups in total. The van der Waals surface area contributed by atoms with E-state index in [1.165, 1.54) is 16.5 Å². The number of ether oxygens (including phenoxy) is 1. The summed E-state index contributed by atoms with van der Waals surface area (Å²) in [5.74, 6) is 1.12. The minimum Gasteiger partial charge on any atom is -0.495 e. The summed E-state index contributed by atoms with van der Waals surface area (Å²) >= 11 is 0. The molecule has 3 aromatic rings. The van der Waals surface area contributed by atoms with Gasteiger partial charge in [-0.15, -0.1) is 0 Å². The molecule has 5 nitrogen and oxygen atoms in total. The Kier molecular flexibility index (Phi) is 5.24. The number of H-pyrrole nitrogens is 1. The van der Waals surface area contributed by atoms with Gasteiger partial charge in [0, 0.05) is 49.7 Å². The molecule has 1 amide bonds. The van der Waals surface area contributed by atoms with Gasteiger partial charge in [-0.3, -0.25) is 4.79 Å². The largest absolute Gasteiger partial charge is 0.495 e. The number of hydrogen-bond donors (Lipinski definition) is 1. The first-order valence-electron chi connectivity index (χ1n) is 9.88. The minimum absolute atomic E-state index is 0.238. The van der Waals surface area contributed by atoms with Crippen LogP contribution in [-0.4, -0.2) is 49.1 Å². The van der Waals surface area contributed by atoms with Gasteiger partial charge >= 0.3 is 0 Å². The fourth-order valence-electron chi connectivity index (χ4n) is 3.99. The third-order valence-corrected chi connectivity index (χ3v) is 5.59. The number of para-hydroxylation sites is 2. The van der Waals surface area contributed by atoms with Crippen molar-refractivity contribution in [3.63, 3.8) is 0 Å². The Morgan fingerprint density at radius 1 is 1.11 bits per heavy atom. The second-order valence-electron chi connectivity index (χ2n) is 7.40. The van der Waals surface area contributed by atoms with Gasteiger partial charge in [0.2, 0.25) is 5.91 Å². The number of amides is 1. The van der Waals surface area contributed by atoms with E-state index in [9.17, 15) is 4.79 Å². The number of carbonyl (C=O) groups excluding carboxylic acids is 1. The summed E-state index contributed by atoms with van der Waals surface area (Å²) in [4.78, 5) is 20.3. The summed E-state index contributed by atoms with van der Waals surface area (Å²) in [6.45, 7) is 5.27. The first-order valence-corrected chi connectivity index (χ1v) is 9.88. The lowest BCUT2D eigenvalue weighted by molar-refractivity contribution is -0.131. The second-order valence-corrected chi connectivity index (χ2v) is 7.40. The number of carbonyl (C=O) groups is 1. The van der Waals surface area contributed by atoms with E-state index in [4.69, 9.17) is 4.74 Å². The Bertz CT molecular complexity index is 971. The van der Waals surface area contributed by atoms with Crippen molar-refractivity contribution in [2.24, 2.45) is 0 Å². The Morgan fingerprint density at radius 3 is 2.68 bits per heavy atom. The van der Waals surface area contributed by atoms with Crippen molar-refractivity contribution in [1.82, 2.24) is 9.88 Å². The maximum Gasteiger partial charge on any atom is 0.223 e. The van der Waals surface area contributed by atoms with Gasteiger partial charge < -0.3 is 19.5 Å². The summed E-state index contributed by atoms with van der Waals surface area (Å²) in [6, 6.07) is 14.5. The van der Waals surface area contributed by atoms with Crippen LogP contribution in [0.3, 0.4) is 0 Å². The number of aromatic nitrogens is 1. The van der Waals surface area contributed by atoms with Crippen LogP contribution in [0.5, 0.6) is 5.75 Å². The number of aromatic amines is 1. The van der Waals surface area contributed by atoms with Crippen LogP contribution in [0.25, 0.3) is 10.9 Å². The number of piperazine rings is 1. The van der Waals surface area contributed by atoms with Crippen LogP contribution in [0.15, 0.2) is 48.7 Å². The lowest BCUT2D eigenvalue weighted by Gasteiger charge is -2.36. The Morgan fingerprint density at radius 2 is 1.89 bits per heavy atom. The number of rotatable bonds is 5. The standard InChI is InChI=1S/C23H27N3O2/c1-17-7-9-20-19(15-17)18(16-24-20)8-10-23(27)26-13-11-25(12-14-26)21-5-3-4-6-22(21)28-2/h3-7,9,15-16,24H,8,10-14H2,1-2H3. The minimum atomic E-state index is 0.238. The average Bonchev–Trinajstić information content (AvgIpc) is 3.14. The number of hydrogen-bond acceptors (Lipinski definition) is 3. The molecule has 0 aliphatic carbocycles. The van der Waals surface area contributed by atoms with Gasteiger partial charge in [0.15, 0.2) is 0 Å². The van der Waals surface area contributed by atoms with Gasteiger partial charge in [0.25, 0.3) is 0 Å². The smallest absolute Gasteiger partial charge is 0.223 e. The Balaban J connectivity index is 1.34. The van der Waals surface area contributed by atoms with Crippen molar-refractivity contribution in [3.8, 4) is 5.75 Å². The number of anilines is 1. The summed E-state index contributed by atoms with van der Waals surface area (Å²) < 4.78 is 5.47. The van der Waals surface area contributed by atoms with Gasteiger partial charge in [0.1, 0.15) is 5.75 Å². The molecule has 0 saturated carbocycles. The molecule has 0 radical (unpaired) electrons. The number of aryl methyl sites for hydroxylation is 2. The lowest BCUT2D eigenvalue weighted by Crippen LogP contribution is -2.48. The van der Waals surface area contributed by atoms with E-state index >= 15 is 0 Å². The molecule has 1 aliphatic rings. The molecule has 0 atom stereocenters. The van der Waals surface area contributed by atoms with Crippen molar-refractivity contribution in [1.29, 1.82) is 0 Å². The number of methoxy groups -OCH3 is 1. The van der Waals surface area contributed by atoms with E-state index in [0.717, 1.165) is 49.6 Å². The molecular weight excluding hydrogens is 350 g/mol.